The van der Waals surface area contributed by atoms with Crippen molar-refractivity contribution in [2.24, 2.45) is 0 Å². The number of thioether (sulfide) groups is 1. The van der Waals surface area contributed by atoms with Crippen LogP contribution in [0.25, 0.3) is 0 Å². The van der Waals surface area contributed by atoms with E-state index in [9.17, 15) is 4.79 Å². The van der Waals surface area contributed by atoms with E-state index in [2.05, 4.69) is 10.2 Å². The highest BCUT2D eigenvalue weighted by atomic mass is 32.2. The summed E-state index contributed by atoms with van der Waals surface area (Å²) >= 11 is 1.23. The average Bonchev–Trinajstić information content (AvgIpc) is 3.16. The minimum atomic E-state index is 0.00430. The fraction of sp³-hybridized carbons (Fsp3) is 0.318. The zero-order valence-corrected chi connectivity index (χ0v) is 18.0. The van der Waals surface area contributed by atoms with Crippen LogP contribution < -0.4 is 4.74 Å². The van der Waals surface area contributed by atoms with Gasteiger partial charge in [-0.25, -0.2) is 0 Å². The first kappa shape index (κ1) is 20.9. The van der Waals surface area contributed by atoms with Crippen LogP contribution in [0.5, 0.6) is 5.75 Å². The molecule has 3 rings (SSSR count). The van der Waals surface area contributed by atoms with Gasteiger partial charge in [-0.1, -0.05) is 48.2 Å². The summed E-state index contributed by atoms with van der Waals surface area (Å²) in [7, 11) is 1.80. The van der Waals surface area contributed by atoms with Crippen molar-refractivity contribution in [2.45, 2.75) is 39.1 Å². The van der Waals surface area contributed by atoms with E-state index in [1.54, 1.807) is 11.9 Å². The molecular weight excluding hydrogens is 386 g/mol. The quantitative estimate of drug-likeness (QED) is 0.514. The Kier molecular flexibility index (Phi) is 6.93. The molecule has 0 unspecified atom stereocenters. The number of benzene rings is 2. The topological polar surface area (TPSA) is 68.5 Å². The van der Waals surface area contributed by atoms with Crippen molar-refractivity contribution in [3.05, 3.63) is 70.6 Å². The van der Waals surface area contributed by atoms with Crippen LogP contribution in [-0.4, -0.2) is 33.8 Å². The number of carbonyl (C=O) groups excluding carboxylic acids is 1. The Hall–Kier alpha value is -2.80. The molecule has 7 heteroatoms. The fourth-order valence-electron chi connectivity index (χ4n) is 2.72. The summed E-state index contributed by atoms with van der Waals surface area (Å²) in [4.78, 5) is 14.1. The molecule has 1 heterocycles. The van der Waals surface area contributed by atoms with Gasteiger partial charge in [-0.2, -0.15) is 0 Å². The van der Waals surface area contributed by atoms with Gasteiger partial charge in [0.2, 0.25) is 5.91 Å². The fourth-order valence-corrected chi connectivity index (χ4v) is 3.44. The number of amides is 1. The van der Waals surface area contributed by atoms with Gasteiger partial charge in [-0.3, -0.25) is 4.79 Å². The first-order chi connectivity index (χ1) is 13.9. The number of ether oxygens (including phenoxy) is 1. The van der Waals surface area contributed by atoms with E-state index in [1.807, 2.05) is 63.2 Å². The number of aromatic nitrogens is 2. The van der Waals surface area contributed by atoms with Crippen LogP contribution in [0.1, 0.15) is 28.1 Å². The van der Waals surface area contributed by atoms with E-state index in [-0.39, 0.29) is 18.3 Å². The number of hydrogen-bond acceptors (Lipinski definition) is 6. The van der Waals surface area contributed by atoms with Crippen LogP contribution in [-0.2, 0) is 17.9 Å². The first-order valence-corrected chi connectivity index (χ1v) is 10.3. The highest BCUT2D eigenvalue weighted by Crippen LogP contribution is 2.22. The molecule has 0 saturated carbocycles. The summed E-state index contributed by atoms with van der Waals surface area (Å²) in [6.07, 6.45) is 0. The van der Waals surface area contributed by atoms with Crippen molar-refractivity contribution in [1.29, 1.82) is 0 Å². The van der Waals surface area contributed by atoms with Gasteiger partial charge in [0.05, 0.1) is 5.75 Å². The molecule has 1 aromatic heterocycles. The van der Waals surface area contributed by atoms with E-state index < -0.39 is 0 Å². The van der Waals surface area contributed by atoms with Crippen molar-refractivity contribution in [3.63, 3.8) is 0 Å². The van der Waals surface area contributed by atoms with Crippen molar-refractivity contribution >= 4 is 17.7 Å². The summed E-state index contributed by atoms with van der Waals surface area (Å²) < 4.78 is 11.4. The second kappa shape index (κ2) is 9.60. The first-order valence-electron chi connectivity index (χ1n) is 9.36. The molecule has 1 amide bonds. The molecule has 0 radical (unpaired) electrons. The van der Waals surface area contributed by atoms with Gasteiger partial charge in [0.25, 0.3) is 11.1 Å². The zero-order chi connectivity index (χ0) is 20.8. The van der Waals surface area contributed by atoms with Gasteiger partial charge in [0.1, 0.15) is 5.75 Å². The number of hydrogen-bond donors (Lipinski definition) is 0. The molecule has 0 aliphatic heterocycles. The third kappa shape index (κ3) is 5.84. The normalized spacial score (nSPS) is 10.8. The summed E-state index contributed by atoms with van der Waals surface area (Å²) in [5.41, 5.74) is 4.48. The third-order valence-corrected chi connectivity index (χ3v) is 5.36. The van der Waals surface area contributed by atoms with Crippen LogP contribution in [0.3, 0.4) is 0 Å². The number of aryl methyl sites for hydroxylation is 3. The number of nitrogens with zero attached hydrogens (tertiary/aromatic N) is 3. The van der Waals surface area contributed by atoms with Crippen LogP contribution in [0.4, 0.5) is 0 Å². The van der Waals surface area contributed by atoms with E-state index >= 15 is 0 Å². The smallest absolute Gasteiger partial charge is 0.277 e. The minimum Gasteiger partial charge on any atom is -0.484 e. The molecule has 0 spiro atoms. The maximum Gasteiger partial charge on any atom is 0.277 e. The molecule has 29 heavy (non-hydrogen) atoms. The highest BCUT2D eigenvalue weighted by molar-refractivity contribution is 7.99. The molecule has 3 aromatic rings. The molecule has 6 nitrogen and oxygen atoms in total. The van der Waals surface area contributed by atoms with Gasteiger partial charge in [-0.05, 0) is 49.1 Å². The molecule has 0 bridgehead atoms. The van der Waals surface area contributed by atoms with Crippen molar-refractivity contribution in [3.8, 4) is 5.75 Å². The van der Waals surface area contributed by atoms with Crippen molar-refractivity contribution < 1.29 is 13.9 Å². The average molecular weight is 412 g/mol. The number of rotatable bonds is 8. The maximum atomic E-state index is 12.4. The van der Waals surface area contributed by atoms with Gasteiger partial charge in [-0.15, -0.1) is 10.2 Å². The predicted molar refractivity (Wildman–Crippen MR) is 113 cm³/mol. The SMILES string of the molecule is Cc1ccc(C)c(OCc2nnc(SCC(=O)N(C)Cc3ccccc3C)o2)c1. The molecule has 0 aliphatic rings. The second-order valence-electron chi connectivity index (χ2n) is 6.98. The van der Waals surface area contributed by atoms with Crippen molar-refractivity contribution in [1.82, 2.24) is 15.1 Å². The van der Waals surface area contributed by atoms with E-state index in [0.29, 0.717) is 17.7 Å². The van der Waals surface area contributed by atoms with Crippen LogP contribution in [0.15, 0.2) is 52.1 Å². The predicted octanol–water partition coefficient (Wildman–Crippen LogP) is 4.32. The second-order valence-corrected chi connectivity index (χ2v) is 7.91. The van der Waals surface area contributed by atoms with E-state index in [1.165, 1.54) is 17.3 Å². The molecule has 0 aliphatic carbocycles. The Morgan fingerprint density at radius 3 is 2.69 bits per heavy atom. The Morgan fingerprint density at radius 2 is 1.90 bits per heavy atom. The van der Waals surface area contributed by atoms with Crippen LogP contribution >= 0.6 is 11.8 Å². The Balaban J connectivity index is 1.49. The molecule has 0 atom stereocenters. The van der Waals surface area contributed by atoms with E-state index in [4.69, 9.17) is 9.15 Å². The lowest BCUT2D eigenvalue weighted by atomic mass is 10.1. The summed E-state index contributed by atoms with van der Waals surface area (Å²) in [6.45, 7) is 6.82. The van der Waals surface area contributed by atoms with Gasteiger partial charge < -0.3 is 14.1 Å². The third-order valence-electron chi connectivity index (χ3n) is 4.56. The highest BCUT2D eigenvalue weighted by Gasteiger charge is 2.14. The van der Waals surface area contributed by atoms with Gasteiger partial charge in [0.15, 0.2) is 6.61 Å². The number of carbonyl (C=O) groups is 1. The Bertz CT molecular complexity index is 987. The lowest BCUT2D eigenvalue weighted by Gasteiger charge is -2.17. The largest absolute Gasteiger partial charge is 0.484 e. The molecule has 152 valence electrons. The monoisotopic (exact) mass is 411 g/mol. The van der Waals surface area contributed by atoms with Gasteiger partial charge in [0, 0.05) is 13.6 Å². The molecule has 2 aromatic carbocycles. The molecule has 0 N–H and O–H groups in total. The maximum absolute atomic E-state index is 12.4. The lowest BCUT2D eigenvalue weighted by Crippen LogP contribution is -2.28. The minimum absolute atomic E-state index is 0.00430. The van der Waals surface area contributed by atoms with E-state index in [0.717, 1.165) is 22.4 Å². The zero-order valence-electron chi connectivity index (χ0n) is 17.1. The molecule has 0 saturated heterocycles. The Labute approximate surface area is 175 Å². The van der Waals surface area contributed by atoms with Crippen molar-refractivity contribution in [2.75, 3.05) is 12.8 Å². The van der Waals surface area contributed by atoms with Crippen LogP contribution in [0, 0.1) is 20.8 Å². The lowest BCUT2D eigenvalue weighted by molar-refractivity contribution is -0.127. The molecule has 0 fully saturated rings. The van der Waals surface area contributed by atoms with Crippen LogP contribution in [0.2, 0.25) is 0 Å². The van der Waals surface area contributed by atoms with Gasteiger partial charge >= 0.3 is 0 Å². The summed E-state index contributed by atoms with van der Waals surface area (Å²) in [5, 5.41) is 8.35. The Morgan fingerprint density at radius 1 is 1.10 bits per heavy atom. The molecular formula is C22H25N3O3S. The summed E-state index contributed by atoms with van der Waals surface area (Å²) in [5.74, 6) is 1.42. The summed E-state index contributed by atoms with van der Waals surface area (Å²) in [6, 6.07) is 14.1. The standard InChI is InChI=1S/C22H25N3O3S/c1-15-9-10-17(3)19(11-15)27-13-20-23-24-22(28-20)29-14-21(26)25(4)12-18-8-6-5-7-16(18)2/h5-11H,12-14H2,1-4H3.